The summed E-state index contributed by atoms with van der Waals surface area (Å²) in [4.78, 5) is 51.6. The van der Waals surface area contributed by atoms with Gasteiger partial charge in [-0.1, -0.05) is 19.9 Å². The highest BCUT2D eigenvalue weighted by molar-refractivity contribution is 7.10. The van der Waals surface area contributed by atoms with Crippen LogP contribution in [0.2, 0.25) is 0 Å². The van der Waals surface area contributed by atoms with Gasteiger partial charge >= 0.3 is 5.97 Å². The summed E-state index contributed by atoms with van der Waals surface area (Å²) in [7, 11) is 1.70. The van der Waals surface area contributed by atoms with E-state index in [-0.39, 0.29) is 43.1 Å². The zero-order valence-electron chi connectivity index (χ0n) is 32.2. The molecule has 55 heavy (non-hydrogen) atoms. The molecular formula is C41H51N7O6S. The van der Waals surface area contributed by atoms with Crippen molar-refractivity contribution in [3.05, 3.63) is 58.2 Å². The molecule has 3 saturated heterocycles. The molecule has 13 nitrogen and oxygen atoms in total. The first kappa shape index (κ1) is 37.7. The molecule has 4 aliphatic rings. The number of nitrogens with zero attached hydrogens (tertiary/aromatic N) is 4. The first-order valence-electron chi connectivity index (χ1n) is 19.5. The Hall–Kier alpha value is -4.21. The first-order chi connectivity index (χ1) is 26.5. The highest BCUT2D eigenvalue weighted by Crippen LogP contribution is 2.42. The number of hydrogen-bond acceptors (Lipinski definition) is 11. The second kappa shape index (κ2) is 15.4. The summed E-state index contributed by atoms with van der Waals surface area (Å²) in [5, 5.41) is 11.8. The lowest BCUT2D eigenvalue weighted by Gasteiger charge is -2.35. The molecule has 0 spiro atoms. The second-order valence-electron chi connectivity index (χ2n) is 16.0. The number of methoxy groups -OCH3 is 1. The van der Waals surface area contributed by atoms with Gasteiger partial charge in [-0.25, -0.2) is 10.4 Å². The van der Waals surface area contributed by atoms with Gasteiger partial charge in [0.15, 0.2) is 0 Å². The maximum Gasteiger partial charge on any atom is 0.324 e. The predicted octanol–water partition coefficient (Wildman–Crippen LogP) is 4.58. The number of cyclic esters (lactones) is 1. The molecule has 6 bridgehead atoms. The molecule has 7 heterocycles. The number of rotatable bonds is 6. The number of carbonyl (C=O) groups is 3. The Labute approximate surface area is 325 Å². The van der Waals surface area contributed by atoms with Gasteiger partial charge in [0.05, 0.1) is 46.8 Å². The van der Waals surface area contributed by atoms with Crippen molar-refractivity contribution in [1.82, 2.24) is 35.6 Å². The Morgan fingerprint density at radius 3 is 2.89 bits per heavy atom. The van der Waals surface area contributed by atoms with Gasteiger partial charge < -0.3 is 29.4 Å². The van der Waals surface area contributed by atoms with Crippen LogP contribution in [0.25, 0.3) is 33.4 Å². The van der Waals surface area contributed by atoms with Gasteiger partial charge in [0.1, 0.15) is 12.1 Å². The minimum Gasteiger partial charge on any atom is -0.464 e. The smallest absolute Gasteiger partial charge is 0.324 e. The summed E-state index contributed by atoms with van der Waals surface area (Å²) < 4.78 is 20.1. The van der Waals surface area contributed by atoms with Crippen molar-refractivity contribution in [3.63, 3.8) is 0 Å². The summed E-state index contributed by atoms with van der Waals surface area (Å²) in [6, 6.07) is 9.08. The molecule has 0 radical (unpaired) electrons. The number of thiazole rings is 1. The number of esters is 1. The molecule has 3 fully saturated rings. The Kier molecular flexibility index (Phi) is 10.5. The van der Waals surface area contributed by atoms with Crippen molar-refractivity contribution in [2.45, 2.75) is 96.7 Å². The second-order valence-corrected chi connectivity index (χ2v) is 17.0. The van der Waals surface area contributed by atoms with Gasteiger partial charge in [-0.05, 0) is 69.4 Å². The van der Waals surface area contributed by atoms with Gasteiger partial charge in [0.2, 0.25) is 5.91 Å². The predicted molar refractivity (Wildman–Crippen MR) is 209 cm³/mol. The van der Waals surface area contributed by atoms with Crippen LogP contribution in [0.15, 0.2) is 41.9 Å². The third-order valence-electron chi connectivity index (χ3n) is 11.6. The van der Waals surface area contributed by atoms with Gasteiger partial charge in [0, 0.05) is 84.8 Å². The molecule has 3 aromatic heterocycles. The summed E-state index contributed by atoms with van der Waals surface area (Å²) in [6.07, 6.45) is 4.19. The van der Waals surface area contributed by atoms with Crippen LogP contribution in [0, 0.1) is 11.3 Å². The van der Waals surface area contributed by atoms with E-state index in [0.717, 1.165) is 62.6 Å². The number of amides is 2. The fraction of sp³-hybridized carbons (Fsp3) is 0.537. The molecule has 0 aliphatic carbocycles. The van der Waals surface area contributed by atoms with Crippen molar-refractivity contribution in [2.75, 3.05) is 33.4 Å². The van der Waals surface area contributed by atoms with Gasteiger partial charge in [-0.3, -0.25) is 24.4 Å². The van der Waals surface area contributed by atoms with Crippen molar-refractivity contribution >= 4 is 40.0 Å². The van der Waals surface area contributed by atoms with E-state index < -0.39 is 29.4 Å². The molecule has 292 valence electrons. The molecule has 0 unspecified atom stereocenters. The molecule has 8 rings (SSSR count). The van der Waals surface area contributed by atoms with Crippen LogP contribution in [-0.4, -0.2) is 95.0 Å². The van der Waals surface area contributed by atoms with E-state index in [1.165, 1.54) is 16.3 Å². The SMILES string of the molecule is CCn1c(-c2cccnc2[C@H](C)OC)c2c3cc(ccc31)-c1csc(n1)C[C@H](NC(=O)[C@H]1CN[C@@H]3CCO[C@H]13)C(=O)N1CCC[C@H](N1)C(=O)OCC(C)(C)C2. The molecule has 1 aromatic carbocycles. The lowest BCUT2D eigenvalue weighted by atomic mass is 9.84. The van der Waals surface area contributed by atoms with Crippen LogP contribution in [-0.2, 0) is 48.0 Å². The van der Waals surface area contributed by atoms with E-state index in [4.69, 9.17) is 24.2 Å². The van der Waals surface area contributed by atoms with Crippen LogP contribution >= 0.6 is 11.3 Å². The summed E-state index contributed by atoms with van der Waals surface area (Å²) in [6.45, 7) is 10.8. The highest BCUT2D eigenvalue weighted by Gasteiger charge is 2.45. The lowest BCUT2D eigenvalue weighted by molar-refractivity contribution is -0.155. The van der Waals surface area contributed by atoms with Gasteiger partial charge in [-0.2, -0.15) is 0 Å². The number of aryl methyl sites for hydroxylation is 1. The van der Waals surface area contributed by atoms with Crippen molar-refractivity contribution in [2.24, 2.45) is 11.3 Å². The number of aromatic nitrogens is 3. The summed E-state index contributed by atoms with van der Waals surface area (Å²) >= 11 is 1.47. The summed E-state index contributed by atoms with van der Waals surface area (Å²) in [5.41, 5.74) is 9.62. The summed E-state index contributed by atoms with van der Waals surface area (Å²) in [5.74, 6) is -1.33. The van der Waals surface area contributed by atoms with Crippen LogP contribution in [0.4, 0.5) is 0 Å². The van der Waals surface area contributed by atoms with Crippen LogP contribution < -0.4 is 16.1 Å². The molecule has 6 atom stereocenters. The van der Waals surface area contributed by atoms with Crippen molar-refractivity contribution < 1.29 is 28.6 Å². The van der Waals surface area contributed by atoms with Crippen LogP contribution in [0.3, 0.4) is 0 Å². The topological polar surface area (TPSA) is 149 Å². The standard InChI is InChI=1S/C41H51N7O6S/c1-6-47-33-12-11-24-17-26(33)27(36(47)25-9-7-14-42-35(25)23(2)52-5)19-41(3,4)22-54-40(51)30-10-8-15-48(46-30)39(50)31(18-34-44-32(24)21-55-34)45-38(49)28-20-43-29-13-16-53-37(28)29/h7,9,11-12,14,17,21,23,28-31,37,43,46H,6,8,10,13,15-16,18-20,22H2,1-5H3,(H,45,49)/t23-,28-,29+,30-,31-,37+/m0/s1. The Bertz CT molecular complexity index is 2100. The van der Waals surface area contributed by atoms with E-state index >= 15 is 0 Å². The van der Waals surface area contributed by atoms with Crippen molar-refractivity contribution in [1.29, 1.82) is 0 Å². The average Bonchev–Trinajstić information content (AvgIpc) is 4.00. The van der Waals surface area contributed by atoms with E-state index in [0.29, 0.717) is 39.0 Å². The van der Waals surface area contributed by atoms with E-state index in [1.807, 2.05) is 18.4 Å². The fourth-order valence-corrected chi connectivity index (χ4v) is 9.56. The third kappa shape index (κ3) is 7.30. The number of benzene rings is 1. The molecule has 4 aromatic rings. The quantitative estimate of drug-likeness (QED) is 0.238. The molecule has 3 N–H and O–H groups in total. The Morgan fingerprint density at radius 1 is 1.22 bits per heavy atom. The van der Waals surface area contributed by atoms with E-state index in [9.17, 15) is 14.4 Å². The van der Waals surface area contributed by atoms with E-state index in [2.05, 4.69) is 65.7 Å². The fourth-order valence-electron chi connectivity index (χ4n) is 8.71. The highest BCUT2D eigenvalue weighted by atomic mass is 32.1. The Morgan fingerprint density at radius 2 is 2.07 bits per heavy atom. The number of nitrogens with one attached hydrogen (secondary N) is 3. The third-order valence-corrected chi connectivity index (χ3v) is 12.5. The maximum atomic E-state index is 14.3. The monoisotopic (exact) mass is 769 g/mol. The van der Waals surface area contributed by atoms with E-state index in [1.54, 1.807) is 13.3 Å². The minimum absolute atomic E-state index is 0.141. The number of fused-ring (bicyclic) bond motifs is 7. The molecule has 2 amide bonds. The average molecular weight is 770 g/mol. The minimum atomic E-state index is -0.898. The molecule has 0 saturated carbocycles. The number of hydrogen-bond donors (Lipinski definition) is 3. The largest absolute Gasteiger partial charge is 0.464 e. The zero-order valence-corrected chi connectivity index (χ0v) is 33.0. The molecular weight excluding hydrogens is 719 g/mol. The number of carbonyl (C=O) groups excluding carboxylic acids is 3. The first-order valence-corrected chi connectivity index (χ1v) is 20.4. The maximum absolute atomic E-state index is 14.3. The Balaban J connectivity index is 1.22. The molecule has 14 heteroatoms. The number of hydrazine groups is 1. The lowest BCUT2D eigenvalue weighted by Crippen LogP contribution is -2.61. The molecule has 4 aliphatic heterocycles. The number of pyridine rings is 1. The normalized spacial score (nSPS) is 26.1. The van der Waals surface area contributed by atoms with Crippen molar-refractivity contribution in [3.8, 4) is 22.5 Å². The zero-order chi connectivity index (χ0) is 38.4. The van der Waals surface area contributed by atoms with Crippen LogP contribution in [0.1, 0.15) is 69.3 Å². The van der Waals surface area contributed by atoms with Crippen LogP contribution in [0.5, 0.6) is 0 Å². The van der Waals surface area contributed by atoms with Gasteiger partial charge in [-0.15, -0.1) is 11.3 Å². The number of ether oxygens (including phenoxy) is 3. The van der Waals surface area contributed by atoms with Gasteiger partial charge in [0.25, 0.3) is 5.91 Å².